The van der Waals surface area contributed by atoms with Gasteiger partial charge in [-0.2, -0.15) is 0 Å². The zero-order valence-corrected chi connectivity index (χ0v) is 15.4. The van der Waals surface area contributed by atoms with Gasteiger partial charge in [0.05, 0.1) is 5.69 Å². The minimum atomic E-state index is -0.166. The van der Waals surface area contributed by atoms with Gasteiger partial charge in [0.2, 0.25) is 11.8 Å². The number of amides is 1. The van der Waals surface area contributed by atoms with Crippen LogP contribution >= 0.6 is 0 Å². The van der Waals surface area contributed by atoms with Crippen molar-refractivity contribution < 1.29 is 9.21 Å². The van der Waals surface area contributed by atoms with Crippen molar-refractivity contribution in [1.29, 1.82) is 0 Å². The van der Waals surface area contributed by atoms with Gasteiger partial charge in [-0.15, -0.1) is 15.3 Å². The molecule has 0 spiro atoms. The number of aryl methyl sites for hydroxylation is 1. The third-order valence-corrected chi connectivity index (χ3v) is 4.93. The molecule has 2 heterocycles. The standard InChI is InChI=1S/C17H26N6O2/c1-11(2)8-17(6-5-7-17)10-18-16(24)15-12(3)23(22-21-15)9-14-20-19-13(4)25-14/h11H,5-10H2,1-4H3,(H,18,24). The van der Waals surface area contributed by atoms with Gasteiger partial charge in [0.15, 0.2) is 5.69 Å². The number of hydrogen-bond donors (Lipinski definition) is 1. The van der Waals surface area contributed by atoms with E-state index in [4.69, 9.17) is 4.42 Å². The maximum absolute atomic E-state index is 12.5. The lowest BCUT2D eigenvalue weighted by atomic mass is 9.64. The molecule has 1 fully saturated rings. The molecule has 0 bridgehead atoms. The molecule has 1 saturated carbocycles. The first kappa shape index (κ1) is 17.6. The molecule has 1 aliphatic rings. The van der Waals surface area contributed by atoms with Crippen LogP contribution in [0, 0.1) is 25.2 Å². The van der Waals surface area contributed by atoms with Gasteiger partial charge < -0.3 is 9.73 Å². The molecule has 8 nitrogen and oxygen atoms in total. The lowest BCUT2D eigenvalue weighted by molar-refractivity contribution is 0.0776. The number of nitrogens with zero attached hydrogens (tertiary/aromatic N) is 5. The quantitative estimate of drug-likeness (QED) is 0.826. The van der Waals surface area contributed by atoms with Crippen molar-refractivity contribution in [2.45, 2.75) is 59.9 Å². The van der Waals surface area contributed by atoms with E-state index in [1.807, 2.05) is 6.92 Å². The first-order valence-electron chi connectivity index (χ1n) is 8.86. The lowest BCUT2D eigenvalue weighted by Gasteiger charge is -2.43. The first-order valence-corrected chi connectivity index (χ1v) is 8.86. The topological polar surface area (TPSA) is 98.7 Å². The zero-order chi connectivity index (χ0) is 18.0. The summed E-state index contributed by atoms with van der Waals surface area (Å²) in [5, 5.41) is 18.9. The van der Waals surface area contributed by atoms with Crippen LogP contribution in [0.25, 0.3) is 0 Å². The van der Waals surface area contributed by atoms with E-state index < -0.39 is 0 Å². The van der Waals surface area contributed by atoms with E-state index in [0.29, 0.717) is 42.2 Å². The molecule has 0 saturated heterocycles. The Labute approximate surface area is 147 Å². The van der Waals surface area contributed by atoms with Crippen molar-refractivity contribution in [3.63, 3.8) is 0 Å². The Kier molecular flexibility index (Phi) is 4.87. The zero-order valence-electron chi connectivity index (χ0n) is 15.4. The van der Waals surface area contributed by atoms with Gasteiger partial charge in [-0.05, 0) is 37.5 Å². The molecule has 0 aromatic carbocycles. The second-order valence-corrected chi connectivity index (χ2v) is 7.53. The minimum Gasteiger partial charge on any atom is -0.424 e. The van der Waals surface area contributed by atoms with Crippen molar-refractivity contribution in [2.75, 3.05) is 6.54 Å². The van der Waals surface area contributed by atoms with Crippen molar-refractivity contribution in [3.05, 3.63) is 23.2 Å². The second-order valence-electron chi connectivity index (χ2n) is 7.53. The molecule has 0 unspecified atom stereocenters. The molecule has 0 atom stereocenters. The summed E-state index contributed by atoms with van der Waals surface area (Å²) >= 11 is 0. The summed E-state index contributed by atoms with van der Waals surface area (Å²) in [6.45, 7) is 9.04. The van der Waals surface area contributed by atoms with Crippen LogP contribution in [0.1, 0.15) is 67.5 Å². The highest BCUT2D eigenvalue weighted by molar-refractivity contribution is 5.93. The van der Waals surface area contributed by atoms with Gasteiger partial charge in [-0.25, -0.2) is 4.68 Å². The Morgan fingerprint density at radius 3 is 2.60 bits per heavy atom. The van der Waals surface area contributed by atoms with Crippen LogP contribution in [0.2, 0.25) is 0 Å². The smallest absolute Gasteiger partial charge is 0.273 e. The van der Waals surface area contributed by atoms with E-state index in [2.05, 4.69) is 39.7 Å². The van der Waals surface area contributed by atoms with E-state index in [0.717, 1.165) is 6.42 Å². The minimum absolute atomic E-state index is 0.166. The van der Waals surface area contributed by atoms with Crippen LogP contribution in [0.15, 0.2) is 4.42 Å². The van der Waals surface area contributed by atoms with Gasteiger partial charge in [0.1, 0.15) is 6.54 Å². The Morgan fingerprint density at radius 1 is 1.28 bits per heavy atom. The largest absolute Gasteiger partial charge is 0.424 e. The van der Waals surface area contributed by atoms with Gasteiger partial charge >= 0.3 is 0 Å². The second kappa shape index (κ2) is 6.93. The molecule has 8 heteroatoms. The maximum atomic E-state index is 12.5. The average Bonchev–Trinajstić information content (AvgIpc) is 3.08. The Balaban J connectivity index is 1.62. The molecular formula is C17H26N6O2. The average molecular weight is 346 g/mol. The molecule has 1 N–H and O–H groups in total. The van der Waals surface area contributed by atoms with Crippen molar-refractivity contribution in [1.82, 2.24) is 30.5 Å². The molecule has 136 valence electrons. The third kappa shape index (κ3) is 3.88. The molecule has 1 aliphatic carbocycles. The Hall–Kier alpha value is -2.25. The van der Waals surface area contributed by atoms with Crippen LogP contribution in [-0.4, -0.2) is 37.6 Å². The molecule has 25 heavy (non-hydrogen) atoms. The van der Waals surface area contributed by atoms with E-state index in [-0.39, 0.29) is 11.3 Å². The van der Waals surface area contributed by atoms with Crippen LogP contribution in [0.5, 0.6) is 0 Å². The van der Waals surface area contributed by atoms with Crippen molar-refractivity contribution in [2.24, 2.45) is 11.3 Å². The van der Waals surface area contributed by atoms with Crippen LogP contribution in [0.3, 0.4) is 0 Å². The predicted molar refractivity (Wildman–Crippen MR) is 91.0 cm³/mol. The van der Waals surface area contributed by atoms with Gasteiger partial charge in [-0.3, -0.25) is 4.79 Å². The molecule has 0 aliphatic heterocycles. The summed E-state index contributed by atoms with van der Waals surface area (Å²) in [4.78, 5) is 12.5. The summed E-state index contributed by atoms with van der Waals surface area (Å²) in [5.41, 5.74) is 1.31. The van der Waals surface area contributed by atoms with Crippen LogP contribution in [0.4, 0.5) is 0 Å². The number of aromatic nitrogens is 5. The number of rotatable bonds is 7. The van der Waals surface area contributed by atoms with Crippen molar-refractivity contribution in [3.8, 4) is 0 Å². The summed E-state index contributed by atoms with van der Waals surface area (Å²) in [7, 11) is 0. The van der Waals surface area contributed by atoms with E-state index >= 15 is 0 Å². The summed E-state index contributed by atoms with van der Waals surface area (Å²) in [6.07, 6.45) is 4.78. The third-order valence-electron chi connectivity index (χ3n) is 4.93. The fourth-order valence-corrected chi connectivity index (χ4v) is 3.60. The molecule has 1 amide bonds. The summed E-state index contributed by atoms with van der Waals surface area (Å²) < 4.78 is 6.96. The molecule has 0 radical (unpaired) electrons. The highest BCUT2D eigenvalue weighted by Crippen LogP contribution is 2.45. The Bertz CT molecular complexity index is 744. The fraction of sp³-hybridized carbons (Fsp3) is 0.706. The first-order chi connectivity index (χ1) is 11.9. The van der Waals surface area contributed by atoms with E-state index in [1.54, 1.807) is 11.6 Å². The van der Waals surface area contributed by atoms with E-state index in [9.17, 15) is 4.79 Å². The Morgan fingerprint density at radius 2 is 2.04 bits per heavy atom. The highest BCUT2D eigenvalue weighted by atomic mass is 16.4. The summed E-state index contributed by atoms with van der Waals surface area (Å²) in [6, 6.07) is 0. The van der Waals surface area contributed by atoms with Crippen LogP contribution < -0.4 is 5.32 Å². The van der Waals surface area contributed by atoms with Crippen LogP contribution in [-0.2, 0) is 6.54 Å². The van der Waals surface area contributed by atoms with Gasteiger partial charge in [-0.1, -0.05) is 25.5 Å². The lowest BCUT2D eigenvalue weighted by Crippen LogP contribution is -2.43. The maximum Gasteiger partial charge on any atom is 0.273 e. The molecule has 3 rings (SSSR count). The fourth-order valence-electron chi connectivity index (χ4n) is 3.60. The number of hydrogen-bond acceptors (Lipinski definition) is 6. The van der Waals surface area contributed by atoms with Gasteiger partial charge in [0, 0.05) is 13.5 Å². The van der Waals surface area contributed by atoms with E-state index in [1.165, 1.54) is 19.3 Å². The van der Waals surface area contributed by atoms with Crippen molar-refractivity contribution >= 4 is 5.91 Å². The molecule has 2 aromatic heterocycles. The number of nitrogens with one attached hydrogen (secondary N) is 1. The molecule has 2 aromatic rings. The predicted octanol–water partition coefficient (Wildman–Crippen LogP) is 2.27. The van der Waals surface area contributed by atoms with Gasteiger partial charge in [0.25, 0.3) is 5.91 Å². The monoisotopic (exact) mass is 346 g/mol. The highest BCUT2D eigenvalue weighted by Gasteiger charge is 2.37. The number of carbonyl (C=O) groups is 1. The summed E-state index contributed by atoms with van der Waals surface area (Å²) in [5.74, 6) is 1.42. The molecular weight excluding hydrogens is 320 g/mol. The SMILES string of the molecule is Cc1nnc(Cn2nnc(C(=O)NCC3(CC(C)C)CCC3)c2C)o1. The number of carbonyl (C=O) groups excluding carboxylic acids is 1. The normalized spacial score (nSPS) is 16.0.